The summed E-state index contributed by atoms with van der Waals surface area (Å²) in [6.45, 7) is 0.630. The first-order valence-corrected chi connectivity index (χ1v) is 10.7. The summed E-state index contributed by atoms with van der Waals surface area (Å²) in [5.41, 5.74) is 1.38. The van der Waals surface area contributed by atoms with Crippen LogP contribution >= 0.6 is 0 Å². The second-order valence-corrected chi connectivity index (χ2v) is 7.88. The Hall–Kier alpha value is -3.36. The van der Waals surface area contributed by atoms with Gasteiger partial charge in [-0.3, -0.25) is 9.48 Å². The van der Waals surface area contributed by atoms with E-state index >= 15 is 0 Å². The van der Waals surface area contributed by atoms with Crippen LogP contribution in [0.3, 0.4) is 0 Å². The zero-order valence-corrected chi connectivity index (χ0v) is 17.8. The van der Waals surface area contributed by atoms with Crippen molar-refractivity contribution in [3.05, 3.63) is 82.4 Å². The maximum atomic E-state index is 13.3. The molecule has 1 aliphatic carbocycles. The van der Waals surface area contributed by atoms with E-state index in [0.717, 1.165) is 18.4 Å². The first kappa shape index (κ1) is 22.8. The Labute approximate surface area is 188 Å². The van der Waals surface area contributed by atoms with Crippen LogP contribution in [0, 0.1) is 5.82 Å². The number of nitrogens with one attached hydrogen (secondary N) is 1. The van der Waals surface area contributed by atoms with Crippen LogP contribution in [0.2, 0.25) is 0 Å². The highest BCUT2D eigenvalue weighted by Gasteiger charge is 2.39. The quantitative estimate of drug-likeness (QED) is 0.508. The second-order valence-electron chi connectivity index (χ2n) is 7.88. The number of benzene rings is 2. The van der Waals surface area contributed by atoms with E-state index in [9.17, 15) is 22.4 Å². The Morgan fingerprint density at radius 1 is 1.03 bits per heavy atom. The third kappa shape index (κ3) is 5.53. The number of rotatable bonds is 7. The number of halogens is 4. The molecule has 1 heterocycles. The van der Waals surface area contributed by atoms with E-state index < -0.39 is 11.9 Å². The predicted octanol–water partition coefficient (Wildman–Crippen LogP) is 4.93. The number of nitrogens with zero attached hydrogens (tertiary/aromatic N) is 2. The second kappa shape index (κ2) is 9.64. The molecule has 9 heteroatoms. The molecule has 1 aliphatic rings. The van der Waals surface area contributed by atoms with Crippen LogP contribution in [0.15, 0.2) is 48.5 Å². The van der Waals surface area contributed by atoms with E-state index in [1.54, 1.807) is 36.4 Å². The molecule has 33 heavy (non-hydrogen) atoms. The predicted molar refractivity (Wildman–Crippen MR) is 113 cm³/mol. The lowest BCUT2D eigenvalue weighted by molar-refractivity contribution is -0.142. The summed E-state index contributed by atoms with van der Waals surface area (Å²) >= 11 is 0. The van der Waals surface area contributed by atoms with Crippen molar-refractivity contribution in [1.82, 2.24) is 15.1 Å². The van der Waals surface area contributed by atoms with Gasteiger partial charge in [-0.15, -0.1) is 0 Å². The Bertz CT molecular complexity index is 1110. The van der Waals surface area contributed by atoms with Gasteiger partial charge in [0.05, 0.1) is 6.54 Å². The van der Waals surface area contributed by atoms with Crippen molar-refractivity contribution in [2.24, 2.45) is 0 Å². The number of hydrogen-bond donors (Lipinski definition) is 1. The van der Waals surface area contributed by atoms with Gasteiger partial charge in [-0.05, 0) is 67.6 Å². The van der Waals surface area contributed by atoms with Crippen molar-refractivity contribution in [2.75, 3.05) is 6.61 Å². The van der Waals surface area contributed by atoms with E-state index in [4.69, 9.17) is 4.74 Å². The van der Waals surface area contributed by atoms with E-state index in [1.165, 1.54) is 16.8 Å². The lowest BCUT2D eigenvalue weighted by Gasteiger charge is -2.15. The summed E-state index contributed by atoms with van der Waals surface area (Å²) in [5, 5.41) is 6.58. The monoisotopic (exact) mass is 461 g/mol. The van der Waals surface area contributed by atoms with Crippen molar-refractivity contribution in [3.8, 4) is 5.75 Å². The molecule has 0 fully saturated rings. The van der Waals surface area contributed by atoms with Crippen LogP contribution < -0.4 is 10.1 Å². The first-order chi connectivity index (χ1) is 15.8. The lowest BCUT2D eigenvalue weighted by Crippen LogP contribution is -2.22. The van der Waals surface area contributed by atoms with Gasteiger partial charge in [0.1, 0.15) is 18.2 Å². The fourth-order valence-corrected chi connectivity index (χ4v) is 3.92. The van der Waals surface area contributed by atoms with Crippen molar-refractivity contribution in [1.29, 1.82) is 0 Å². The Morgan fingerprint density at radius 3 is 2.42 bits per heavy atom. The molecular formula is C24H23F4N3O2. The maximum Gasteiger partial charge on any atom is 0.435 e. The summed E-state index contributed by atoms with van der Waals surface area (Å²) in [6.07, 6.45) is -1.89. The average molecular weight is 461 g/mol. The van der Waals surface area contributed by atoms with Crippen LogP contribution in [-0.2, 0) is 32.1 Å². The normalized spacial score (nSPS) is 13.5. The fourth-order valence-electron chi connectivity index (χ4n) is 3.92. The molecule has 1 aromatic heterocycles. The topological polar surface area (TPSA) is 56.1 Å². The highest BCUT2D eigenvalue weighted by molar-refractivity contribution is 5.94. The van der Waals surface area contributed by atoms with Crippen molar-refractivity contribution < 1.29 is 27.1 Å². The molecule has 1 N–H and O–H groups in total. The maximum absolute atomic E-state index is 13.3. The van der Waals surface area contributed by atoms with Crippen LogP contribution in [0.4, 0.5) is 17.6 Å². The molecule has 4 rings (SSSR count). The number of hydrogen-bond acceptors (Lipinski definition) is 3. The first-order valence-electron chi connectivity index (χ1n) is 10.7. The number of aromatic nitrogens is 2. The minimum absolute atomic E-state index is 0.154. The van der Waals surface area contributed by atoms with Crippen LogP contribution in [0.25, 0.3) is 0 Å². The number of fused-ring (bicyclic) bond motifs is 1. The summed E-state index contributed by atoms with van der Waals surface area (Å²) in [5.74, 6) is -0.121. The third-order valence-electron chi connectivity index (χ3n) is 5.58. The number of ether oxygens (including phenoxy) is 1. The Morgan fingerprint density at radius 2 is 1.73 bits per heavy atom. The minimum atomic E-state index is -4.46. The summed E-state index contributed by atoms with van der Waals surface area (Å²) in [4.78, 5) is 12.3. The summed E-state index contributed by atoms with van der Waals surface area (Å²) in [6, 6.07) is 12.3. The van der Waals surface area contributed by atoms with Gasteiger partial charge >= 0.3 is 6.18 Å². The van der Waals surface area contributed by atoms with Crippen LogP contribution in [0.5, 0.6) is 5.75 Å². The third-order valence-corrected chi connectivity index (χ3v) is 5.58. The van der Waals surface area contributed by atoms with E-state index in [1.807, 2.05) is 0 Å². The molecule has 0 saturated heterocycles. The highest BCUT2D eigenvalue weighted by Crippen LogP contribution is 2.35. The molecule has 0 saturated carbocycles. The molecule has 0 bridgehead atoms. The van der Waals surface area contributed by atoms with Gasteiger partial charge in [-0.2, -0.15) is 18.3 Å². The molecule has 2 aromatic carbocycles. The van der Waals surface area contributed by atoms with Gasteiger partial charge in [0, 0.05) is 23.4 Å². The molecule has 1 amide bonds. The highest BCUT2D eigenvalue weighted by atomic mass is 19.4. The van der Waals surface area contributed by atoms with E-state index in [2.05, 4.69) is 10.4 Å². The van der Waals surface area contributed by atoms with E-state index in [-0.39, 0.29) is 31.4 Å². The number of carbonyl (C=O) groups is 1. The molecule has 0 unspecified atom stereocenters. The number of amides is 1. The van der Waals surface area contributed by atoms with Crippen molar-refractivity contribution >= 4 is 5.91 Å². The molecule has 5 nitrogen and oxygen atoms in total. The minimum Gasteiger partial charge on any atom is -0.492 e. The molecule has 0 atom stereocenters. The van der Waals surface area contributed by atoms with Gasteiger partial charge in [0.2, 0.25) is 0 Å². The fraction of sp³-hybridized carbons (Fsp3) is 0.333. The average Bonchev–Trinajstić information content (AvgIpc) is 3.18. The standard InChI is InChI=1S/C24H23F4N3O2/c25-18-9-5-16(6-10-18)15-29-23(32)17-7-11-19(12-8-17)33-14-13-31-21-4-2-1-3-20(21)22(30-31)24(26,27)28/h5-12H,1-4,13-15H2,(H,29,32). The van der Waals surface area contributed by atoms with Gasteiger partial charge in [0.25, 0.3) is 5.91 Å². The number of carbonyl (C=O) groups excluding carboxylic acids is 1. The largest absolute Gasteiger partial charge is 0.492 e. The van der Waals surface area contributed by atoms with Crippen molar-refractivity contribution in [3.63, 3.8) is 0 Å². The zero-order valence-electron chi connectivity index (χ0n) is 17.8. The van der Waals surface area contributed by atoms with Gasteiger partial charge in [-0.1, -0.05) is 12.1 Å². The molecular weight excluding hydrogens is 438 g/mol. The van der Waals surface area contributed by atoms with E-state index in [0.29, 0.717) is 35.4 Å². The summed E-state index contributed by atoms with van der Waals surface area (Å²) in [7, 11) is 0. The van der Waals surface area contributed by atoms with Crippen LogP contribution in [0.1, 0.15) is 45.7 Å². The van der Waals surface area contributed by atoms with Gasteiger partial charge < -0.3 is 10.1 Å². The smallest absolute Gasteiger partial charge is 0.435 e. The van der Waals surface area contributed by atoms with Gasteiger partial charge in [-0.25, -0.2) is 4.39 Å². The molecule has 3 aromatic rings. The molecule has 174 valence electrons. The molecule has 0 aliphatic heterocycles. The number of alkyl halides is 3. The van der Waals surface area contributed by atoms with Crippen molar-refractivity contribution in [2.45, 2.75) is 44.9 Å². The molecule has 0 spiro atoms. The SMILES string of the molecule is O=C(NCc1ccc(F)cc1)c1ccc(OCCn2nc(C(F)(F)F)c3c2CCCC3)cc1. The zero-order chi connectivity index (χ0) is 23.4. The van der Waals surface area contributed by atoms with Crippen LogP contribution in [-0.4, -0.2) is 22.3 Å². The Kier molecular flexibility index (Phi) is 6.67. The lowest BCUT2D eigenvalue weighted by atomic mass is 9.95. The summed E-state index contributed by atoms with van der Waals surface area (Å²) < 4.78 is 59.9. The Balaban J connectivity index is 1.31. The molecule has 0 radical (unpaired) electrons. The van der Waals surface area contributed by atoms with Gasteiger partial charge in [0.15, 0.2) is 5.69 Å².